The molecule has 21 heavy (non-hydrogen) atoms. The third-order valence-corrected chi connectivity index (χ3v) is 2.72. The topological polar surface area (TPSA) is 103 Å². The van der Waals surface area contributed by atoms with Crippen molar-refractivity contribution in [2.45, 2.75) is 20.3 Å². The molecular formula is C13H16N4O4. The molecule has 0 aliphatic carbocycles. The molecule has 0 bridgehead atoms. The van der Waals surface area contributed by atoms with Crippen LogP contribution in [0.2, 0.25) is 0 Å². The number of nitro groups is 1. The number of hydrogen-bond donors (Lipinski definition) is 1. The van der Waals surface area contributed by atoms with Crippen LogP contribution in [0, 0.1) is 17.0 Å². The van der Waals surface area contributed by atoms with E-state index < -0.39 is 4.92 Å². The Hall–Kier alpha value is -2.64. The van der Waals surface area contributed by atoms with E-state index in [4.69, 9.17) is 9.26 Å². The van der Waals surface area contributed by atoms with Crippen LogP contribution in [0.4, 0.5) is 11.4 Å². The molecule has 0 fully saturated rings. The summed E-state index contributed by atoms with van der Waals surface area (Å²) in [7, 11) is 0. The summed E-state index contributed by atoms with van der Waals surface area (Å²) in [6.07, 6.45) is 0.507. The highest BCUT2D eigenvalue weighted by atomic mass is 16.6. The van der Waals surface area contributed by atoms with E-state index in [9.17, 15) is 10.1 Å². The van der Waals surface area contributed by atoms with Crippen molar-refractivity contribution < 1.29 is 14.2 Å². The Balaban J connectivity index is 2.08. The predicted octanol–water partition coefficient (Wildman–Crippen LogP) is 2.34. The number of anilines is 1. The number of nitrogens with zero attached hydrogens (tertiary/aromatic N) is 3. The lowest BCUT2D eigenvalue weighted by molar-refractivity contribution is -0.384. The van der Waals surface area contributed by atoms with Gasteiger partial charge >= 0.3 is 5.69 Å². The van der Waals surface area contributed by atoms with Gasteiger partial charge in [0.1, 0.15) is 5.69 Å². The molecule has 2 rings (SSSR count). The lowest BCUT2D eigenvalue weighted by Crippen LogP contribution is -2.08. The van der Waals surface area contributed by atoms with Gasteiger partial charge in [-0.05, 0) is 19.1 Å². The van der Waals surface area contributed by atoms with E-state index >= 15 is 0 Å². The van der Waals surface area contributed by atoms with E-state index in [1.54, 1.807) is 32.0 Å². The maximum absolute atomic E-state index is 11.2. The Morgan fingerprint density at radius 2 is 2.29 bits per heavy atom. The molecule has 1 aromatic heterocycles. The van der Waals surface area contributed by atoms with Gasteiger partial charge in [0, 0.05) is 19.9 Å². The molecule has 0 aliphatic rings. The Bertz CT molecular complexity index is 626. The fourth-order valence-corrected chi connectivity index (χ4v) is 1.88. The Morgan fingerprint density at radius 1 is 1.48 bits per heavy atom. The molecule has 0 unspecified atom stereocenters. The number of benzene rings is 1. The Morgan fingerprint density at radius 3 is 2.90 bits per heavy atom. The zero-order chi connectivity index (χ0) is 15.2. The fraction of sp³-hybridized carbons (Fsp3) is 0.385. The van der Waals surface area contributed by atoms with Gasteiger partial charge in [-0.3, -0.25) is 10.1 Å². The van der Waals surface area contributed by atoms with Gasteiger partial charge in [-0.25, -0.2) is 0 Å². The predicted molar refractivity (Wildman–Crippen MR) is 75.5 cm³/mol. The molecule has 1 aromatic carbocycles. The van der Waals surface area contributed by atoms with Crippen LogP contribution in [0.3, 0.4) is 0 Å². The molecule has 0 saturated carbocycles. The second kappa shape index (κ2) is 6.69. The number of aromatic nitrogens is 2. The molecule has 8 heteroatoms. The molecule has 1 heterocycles. The minimum Gasteiger partial charge on any atom is -0.487 e. The van der Waals surface area contributed by atoms with E-state index in [1.807, 2.05) is 0 Å². The first kappa shape index (κ1) is 14.8. The van der Waals surface area contributed by atoms with E-state index in [-0.39, 0.29) is 11.4 Å². The summed E-state index contributed by atoms with van der Waals surface area (Å²) in [4.78, 5) is 14.8. The maximum atomic E-state index is 11.2. The van der Waals surface area contributed by atoms with Crippen molar-refractivity contribution in [1.82, 2.24) is 10.1 Å². The molecule has 0 atom stereocenters. The zero-order valence-corrected chi connectivity index (χ0v) is 11.8. The smallest absolute Gasteiger partial charge is 0.333 e. The van der Waals surface area contributed by atoms with Crippen LogP contribution in [0.15, 0.2) is 22.7 Å². The van der Waals surface area contributed by atoms with Crippen molar-refractivity contribution in [3.8, 4) is 5.75 Å². The zero-order valence-electron chi connectivity index (χ0n) is 11.8. The maximum Gasteiger partial charge on any atom is 0.333 e. The van der Waals surface area contributed by atoms with Crippen LogP contribution in [0.1, 0.15) is 18.6 Å². The second-order valence-electron chi connectivity index (χ2n) is 4.25. The Labute approximate surface area is 121 Å². The summed E-state index contributed by atoms with van der Waals surface area (Å²) in [6, 6.07) is 4.93. The lowest BCUT2D eigenvalue weighted by atomic mass is 10.2. The minimum atomic E-state index is -0.453. The lowest BCUT2D eigenvalue weighted by Gasteiger charge is -2.09. The first-order chi connectivity index (χ1) is 10.1. The summed E-state index contributed by atoms with van der Waals surface area (Å²) >= 11 is 0. The molecule has 0 saturated heterocycles. The van der Waals surface area contributed by atoms with Crippen LogP contribution in [-0.2, 0) is 6.42 Å². The number of nitro benzene ring substituents is 1. The molecular weight excluding hydrogens is 276 g/mol. The van der Waals surface area contributed by atoms with Crippen LogP contribution >= 0.6 is 0 Å². The highest BCUT2D eigenvalue weighted by Crippen LogP contribution is 2.34. The van der Waals surface area contributed by atoms with Crippen molar-refractivity contribution in [3.05, 3.63) is 40.0 Å². The number of nitrogens with one attached hydrogen (secondary N) is 1. The second-order valence-corrected chi connectivity index (χ2v) is 4.25. The molecule has 0 aliphatic heterocycles. The van der Waals surface area contributed by atoms with Crippen LogP contribution in [-0.4, -0.2) is 28.2 Å². The number of ether oxygens (including phenoxy) is 1. The highest BCUT2D eigenvalue weighted by molar-refractivity contribution is 5.68. The molecule has 0 amide bonds. The summed E-state index contributed by atoms with van der Waals surface area (Å²) in [5.74, 6) is 1.31. The van der Waals surface area contributed by atoms with E-state index in [0.717, 1.165) is 0 Å². The first-order valence-corrected chi connectivity index (χ1v) is 6.55. The van der Waals surface area contributed by atoms with Crippen molar-refractivity contribution in [2.24, 2.45) is 0 Å². The normalized spacial score (nSPS) is 10.4. The quantitative estimate of drug-likeness (QED) is 0.617. The SMILES string of the molecule is CCOc1cccc(NCCc2noc(C)n2)c1[N+](=O)[O-]. The number of para-hydroxylation sites is 1. The van der Waals surface area contributed by atoms with Gasteiger partial charge < -0.3 is 14.6 Å². The van der Waals surface area contributed by atoms with E-state index in [1.165, 1.54) is 0 Å². The van der Waals surface area contributed by atoms with Crippen molar-refractivity contribution in [3.63, 3.8) is 0 Å². The van der Waals surface area contributed by atoms with Gasteiger partial charge in [0.15, 0.2) is 11.6 Å². The average molecular weight is 292 g/mol. The number of hydrogen-bond acceptors (Lipinski definition) is 7. The standard InChI is InChI=1S/C13H16N4O4/c1-3-20-11-6-4-5-10(13(11)17(18)19)14-8-7-12-15-9(2)21-16-12/h4-6,14H,3,7-8H2,1-2H3. The summed E-state index contributed by atoms with van der Waals surface area (Å²) in [5, 5.41) is 18.0. The van der Waals surface area contributed by atoms with Gasteiger partial charge in [0.25, 0.3) is 0 Å². The van der Waals surface area contributed by atoms with Gasteiger partial charge in [-0.1, -0.05) is 11.2 Å². The fourth-order valence-electron chi connectivity index (χ4n) is 1.88. The minimum absolute atomic E-state index is 0.0661. The van der Waals surface area contributed by atoms with Crippen LogP contribution < -0.4 is 10.1 Å². The largest absolute Gasteiger partial charge is 0.487 e. The third kappa shape index (κ3) is 3.68. The summed E-state index contributed by atoms with van der Waals surface area (Å²) < 4.78 is 10.1. The van der Waals surface area contributed by atoms with Gasteiger partial charge in [-0.2, -0.15) is 4.98 Å². The third-order valence-electron chi connectivity index (χ3n) is 2.72. The molecule has 1 N–H and O–H groups in total. The summed E-state index contributed by atoms with van der Waals surface area (Å²) in [6.45, 7) is 4.31. The van der Waals surface area contributed by atoms with Crippen molar-refractivity contribution >= 4 is 11.4 Å². The molecule has 8 nitrogen and oxygen atoms in total. The van der Waals surface area contributed by atoms with Gasteiger partial charge in [0.2, 0.25) is 5.89 Å². The number of aryl methyl sites for hydroxylation is 1. The number of rotatable bonds is 7. The monoisotopic (exact) mass is 292 g/mol. The van der Waals surface area contributed by atoms with E-state index in [0.29, 0.717) is 37.0 Å². The molecule has 0 radical (unpaired) electrons. The van der Waals surface area contributed by atoms with Gasteiger partial charge in [0.05, 0.1) is 11.5 Å². The molecule has 0 spiro atoms. The van der Waals surface area contributed by atoms with Gasteiger partial charge in [-0.15, -0.1) is 0 Å². The molecule has 2 aromatic rings. The van der Waals surface area contributed by atoms with Crippen molar-refractivity contribution in [1.29, 1.82) is 0 Å². The van der Waals surface area contributed by atoms with Crippen LogP contribution in [0.25, 0.3) is 0 Å². The van der Waals surface area contributed by atoms with E-state index in [2.05, 4.69) is 15.5 Å². The van der Waals surface area contributed by atoms with Crippen molar-refractivity contribution in [2.75, 3.05) is 18.5 Å². The first-order valence-electron chi connectivity index (χ1n) is 6.55. The van der Waals surface area contributed by atoms with Crippen LogP contribution in [0.5, 0.6) is 5.75 Å². The Kier molecular flexibility index (Phi) is 4.70. The highest BCUT2D eigenvalue weighted by Gasteiger charge is 2.20. The average Bonchev–Trinajstić information content (AvgIpc) is 2.85. The summed E-state index contributed by atoms with van der Waals surface area (Å²) in [5.41, 5.74) is 0.342. The molecule has 112 valence electrons.